The van der Waals surface area contributed by atoms with Crippen LogP contribution in [0.3, 0.4) is 0 Å². The molecule has 3 aromatic carbocycles. The van der Waals surface area contributed by atoms with E-state index in [1.807, 2.05) is 55.5 Å². The van der Waals surface area contributed by atoms with Gasteiger partial charge in [0.2, 0.25) is 0 Å². The van der Waals surface area contributed by atoms with Crippen LogP contribution in [0.1, 0.15) is 27.0 Å². The molecule has 1 aromatic heterocycles. The number of benzene rings is 3. The number of hydrogen-bond acceptors (Lipinski definition) is 3. The monoisotopic (exact) mass is 467 g/mol. The van der Waals surface area contributed by atoms with Gasteiger partial charge < -0.3 is 20.7 Å². The molecule has 2 amide bonds. The molecule has 176 valence electrons. The van der Waals surface area contributed by atoms with Gasteiger partial charge in [0.15, 0.2) is 0 Å². The fraction of sp³-hybridized carbons (Fsp3) is 0.107. The van der Waals surface area contributed by atoms with Crippen molar-refractivity contribution in [3.05, 3.63) is 113 Å². The maximum Gasteiger partial charge on any atom is 0.326 e. The number of aromatic nitrogens is 1. The molecule has 0 saturated carbocycles. The van der Waals surface area contributed by atoms with Crippen molar-refractivity contribution in [1.29, 1.82) is 0 Å². The van der Waals surface area contributed by atoms with Gasteiger partial charge in [-0.25, -0.2) is 4.79 Å². The quantitative estimate of drug-likeness (QED) is 0.293. The van der Waals surface area contributed by atoms with Crippen LogP contribution in [0.4, 0.5) is 0 Å². The minimum Gasteiger partial charge on any atom is -0.480 e. The van der Waals surface area contributed by atoms with Gasteiger partial charge in [-0.1, -0.05) is 66.2 Å². The predicted molar refractivity (Wildman–Crippen MR) is 135 cm³/mol. The van der Waals surface area contributed by atoms with E-state index in [-0.39, 0.29) is 12.1 Å². The number of fused-ring (bicyclic) bond motifs is 1. The van der Waals surface area contributed by atoms with Crippen LogP contribution in [0.15, 0.2) is 90.8 Å². The Kier molecular flexibility index (Phi) is 7.07. The summed E-state index contributed by atoms with van der Waals surface area (Å²) in [5.41, 5.74) is 3.72. The molecule has 0 aliphatic rings. The number of aryl methyl sites for hydroxylation is 1. The lowest BCUT2D eigenvalue weighted by atomic mass is 10.0. The van der Waals surface area contributed by atoms with E-state index < -0.39 is 23.8 Å². The van der Waals surface area contributed by atoms with Crippen molar-refractivity contribution in [3.63, 3.8) is 0 Å². The lowest BCUT2D eigenvalue weighted by Gasteiger charge is -2.17. The Bertz CT molecular complexity index is 1390. The van der Waals surface area contributed by atoms with Crippen LogP contribution < -0.4 is 10.6 Å². The number of rotatable bonds is 8. The average Bonchev–Trinajstić information content (AvgIpc) is 3.27. The lowest BCUT2D eigenvalue weighted by Crippen LogP contribution is -2.45. The fourth-order valence-electron chi connectivity index (χ4n) is 3.73. The summed E-state index contributed by atoms with van der Waals surface area (Å²) in [5, 5.41) is 15.9. The van der Waals surface area contributed by atoms with E-state index >= 15 is 0 Å². The summed E-state index contributed by atoms with van der Waals surface area (Å²) in [7, 11) is 0. The van der Waals surface area contributed by atoms with E-state index in [9.17, 15) is 19.5 Å². The maximum atomic E-state index is 13.2. The molecule has 4 N–H and O–H groups in total. The third kappa shape index (κ3) is 5.83. The Balaban J connectivity index is 1.59. The molecular weight excluding hydrogens is 442 g/mol. The molecular formula is C28H25N3O4. The van der Waals surface area contributed by atoms with Crippen LogP contribution in [-0.4, -0.2) is 33.9 Å². The standard InChI is InChI=1S/C28H25N3O4/c1-18-11-13-19(14-12-18)15-24(30-26(32)20-7-3-2-4-8-20)27(33)31-25(28(34)35)16-21-17-29-23-10-6-5-9-22(21)23/h2-15,17,25,29H,16H2,1H3,(H,30,32)(H,31,33)(H,34,35)/b24-15-/t25-/m0/s1. The Hall–Kier alpha value is -4.65. The number of para-hydroxylation sites is 1. The number of H-pyrrole nitrogens is 1. The molecule has 4 rings (SSSR count). The van der Waals surface area contributed by atoms with E-state index in [2.05, 4.69) is 15.6 Å². The average molecular weight is 468 g/mol. The summed E-state index contributed by atoms with van der Waals surface area (Å²) in [4.78, 5) is 41.1. The first-order chi connectivity index (χ1) is 16.9. The molecule has 35 heavy (non-hydrogen) atoms. The molecule has 7 nitrogen and oxygen atoms in total. The van der Waals surface area contributed by atoms with E-state index in [0.717, 1.165) is 22.0 Å². The van der Waals surface area contributed by atoms with Crippen molar-refractivity contribution in [2.24, 2.45) is 0 Å². The highest BCUT2D eigenvalue weighted by molar-refractivity contribution is 6.06. The van der Waals surface area contributed by atoms with Crippen molar-refractivity contribution in [2.75, 3.05) is 0 Å². The smallest absolute Gasteiger partial charge is 0.326 e. The lowest BCUT2D eigenvalue weighted by molar-refractivity contribution is -0.141. The number of carbonyl (C=O) groups is 3. The Morgan fingerprint density at radius 1 is 0.943 bits per heavy atom. The summed E-state index contributed by atoms with van der Waals surface area (Å²) in [6.07, 6.45) is 3.35. The van der Waals surface area contributed by atoms with Gasteiger partial charge in [-0.2, -0.15) is 0 Å². The third-order valence-corrected chi connectivity index (χ3v) is 5.62. The first-order valence-electron chi connectivity index (χ1n) is 11.1. The number of carbonyl (C=O) groups excluding carboxylic acids is 2. The molecule has 0 saturated heterocycles. The molecule has 0 bridgehead atoms. The zero-order valence-corrected chi connectivity index (χ0v) is 19.1. The maximum absolute atomic E-state index is 13.2. The zero-order chi connectivity index (χ0) is 24.8. The number of aliphatic carboxylic acids is 1. The highest BCUT2D eigenvalue weighted by Gasteiger charge is 2.24. The van der Waals surface area contributed by atoms with Crippen LogP contribution in [0, 0.1) is 6.92 Å². The molecule has 0 spiro atoms. The van der Waals surface area contributed by atoms with E-state index in [1.165, 1.54) is 6.08 Å². The van der Waals surface area contributed by atoms with Gasteiger partial charge in [0.05, 0.1) is 0 Å². The molecule has 0 aliphatic carbocycles. The summed E-state index contributed by atoms with van der Waals surface area (Å²) in [6, 6.07) is 22.3. The first-order valence-corrected chi connectivity index (χ1v) is 11.1. The van der Waals surface area contributed by atoms with E-state index in [4.69, 9.17) is 0 Å². The first kappa shape index (κ1) is 23.5. The normalized spacial score (nSPS) is 12.2. The van der Waals surface area contributed by atoms with Gasteiger partial charge in [-0.15, -0.1) is 0 Å². The minimum atomic E-state index is -1.20. The fourth-order valence-corrected chi connectivity index (χ4v) is 3.73. The molecule has 0 radical (unpaired) electrons. The number of carboxylic acid groups (broad SMARTS) is 1. The highest BCUT2D eigenvalue weighted by atomic mass is 16.4. The summed E-state index contributed by atoms with van der Waals surface area (Å²) in [6.45, 7) is 1.94. The number of aromatic amines is 1. The SMILES string of the molecule is Cc1ccc(/C=C(\NC(=O)c2ccccc2)C(=O)N[C@@H](Cc2c[nH]c3ccccc23)C(=O)O)cc1. The van der Waals surface area contributed by atoms with Crippen LogP contribution in [-0.2, 0) is 16.0 Å². The van der Waals surface area contributed by atoms with Gasteiger partial charge in [-0.3, -0.25) is 9.59 Å². The Labute approximate surface area is 202 Å². The van der Waals surface area contributed by atoms with Crippen molar-refractivity contribution >= 4 is 34.8 Å². The topological polar surface area (TPSA) is 111 Å². The molecule has 1 atom stereocenters. The largest absolute Gasteiger partial charge is 0.480 e. The zero-order valence-electron chi connectivity index (χ0n) is 19.1. The molecule has 0 aliphatic heterocycles. The van der Waals surface area contributed by atoms with Gasteiger partial charge in [0.25, 0.3) is 11.8 Å². The second kappa shape index (κ2) is 10.5. The van der Waals surface area contributed by atoms with E-state index in [1.54, 1.807) is 36.5 Å². The van der Waals surface area contributed by atoms with Gasteiger partial charge in [0.1, 0.15) is 11.7 Å². The summed E-state index contributed by atoms with van der Waals surface area (Å²) < 4.78 is 0. The molecule has 4 aromatic rings. The van der Waals surface area contributed by atoms with Gasteiger partial charge in [-0.05, 0) is 42.3 Å². The predicted octanol–water partition coefficient (Wildman–Crippen LogP) is 4.06. The second-order valence-corrected chi connectivity index (χ2v) is 8.22. The number of hydrogen-bond donors (Lipinski definition) is 4. The summed E-state index contributed by atoms with van der Waals surface area (Å²) in [5.74, 6) is -2.34. The number of nitrogens with one attached hydrogen (secondary N) is 3. The van der Waals surface area contributed by atoms with Crippen LogP contribution in [0.25, 0.3) is 17.0 Å². The second-order valence-electron chi connectivity index (χ2n) is 8.22. The van der Waals surface area contributed by atoms with Crippen LogP contribution in [0.2, 0.25) is 0 Å². The number of amides is 2. The highest BCUT2D eigenvalue weighted by Crippen LogP contribution is 2.19. The molecule has 0 fully saturated rings. The van der Waals surface area contributed by atoms with E-state index in [0.29, 0.717) is 11.1 Å². The van der Waals surface area contributed by atoms with Crippen molar-refractivity contribution < 1.29 is 19.5 Å². The number of carboxylic acids is 1. The Morgan fingerprint density at radius 2 is 1.63 bits per heavy atom. The minimum absolute atomic E-state index is 0.0483. The molecule has 7 heteroatoms. The molecule has 1 heterocycles. The van der Waals surface area contributed by atoms with Crippen LogP contribution in [0.5, 0.6) is 0 Å². The van der Waals surface area contributed by atoms with Crippen molar-refractivity contribution in [1.82, 2.24) is 15.6 Å². The van der Waals surface area contributed by atoms with Crippen molar-refractivity contribution in [3.8, 4) is 0 Å². The van der Waals surface area contributed by atoms with Crippen molar-refractivity contribution in [2.45, 2.75) is 19.4 Å². The van der Waals surface area contributed by atoms with Gasteiger partial charge >= 0.3 is 5.97 Å². The Morgan fingerprint density at radius 3 is 2.34 bits per heavy atom. The molecule has 0 unspecified atom stereocenters. The summed E-state index contributed by atoms with van der Waals surface area (Å²) >= 11 is 0. The van der Waals surface area contributed by atoms with Gasteiger partial charge in [0, 0.05) is 29.1 Å². The third-order valence-electron chi connectivity index (χ3n) is 5.62. The van der Waals surface area contributed by atoms with Crippen LogP contribution >= 0.6 is 0 Å².